The largest absolute Gasteiger partial charge is 0.407 e. The SMILES string of the molecule is O=C(Cc1ccc(F)cc1)Nc1nnc([C@H]2CC(=O)N(c3ccccc3)C2)o1. The molecule has 142 valence electrons. The van der Waals surface area contributed by atoms with Gasteiger partial charge < -0.3 is 9.32 Å². The second-order valence-electron chi connectivity index (χ2n) is 6.54. The number of aromatic nitrogens is 2. The summed E-state index contributed by atoms with van der Waals surface area (Å²) in [4.78, 5) is 26.1. The van der Waals surface area contributed by atoms with E-state index in [4.69, 9.17) is 4.42 Å². The summed E-state index contributed by atoms with van der Waals surface area (Å²) in [7, 11) is 0. The molecule has 2 amide bonds. The zero-order valence-electron chi connectivity index (χ0n) is 14.8. The van der Waals surface area contributed by atoms with Gasteiger partial charge in [0.1, 0.15) is 5.82 Å². The number of hydrogen-bond donors (Lipinski definition) is 1. The van der Waals surface area contributed by atoms with Gasteiger partial charge in [0.15, 0.2) is 0 Å². The average Bonchev–Trinajstić information content (AvgIpc) is 3.31. The number of carbonyl (C=O) groups is 2. The molecule has 1 saturated heterocycles. The number of rotatable bonds is 5. The van der Waals surface area contributed by atoms with E-state index in [1.54, 1.807) is 4.90 Å². The number of carbonyl (C=O) groups excluding carboxylic acids is 2. The van der Waals surface area contributed by atoms with E-state index in [-0.39, 0.29) is 42.4 Å². The van der Waals surface area contributed by atoms with Gasteiger partial charge in [-0.1, -0.05) is 35.4 Å². The summed E-state index contributed by atoms with van der Waals surface area (Å²) in [6, 6.07) is 15.0. The second kappa shape index (κ2) is 7.59. The Kier molecular flexibility index (Phi) is 4.84. The van der Waals surface area contributed by atoms with Crippen molar-refractivity contribution in [3.05, 3.63) is 71.9 Å². The topological polar surface area (TPSA) is 88.3 Å². The van der Waals surface area contributed by atoms with Gasteiger partial charge in [0, 0.05) is 18.7 Å². The molecule has 0 spiro atoms. The van der Waals surface area contributed by atoms with Gasteiger partial charge in [-0.15, -0.1) is 5.10 Å². The fourth-order valence-corrected chi connectivity index (χ4v) is 3.13. The number of benzene rings is 2. The van der Waals surface area contributed by atoms with Crippen molar-refractivity contribution in [2.75, 3.05) is 16.8 Å². The predicted octanol–water partition coefficient (Wildman–Crippen LogP) is 2.91. The molecule has 1 atom stereocenters. The van der Waals surface area contributed by atoms with Crippen LogP contribution in [0, 0.1) is 5.82 Å². The fraction of sp³-hybridized carbons (Fsp3) is 0.200. The Hall–Kier alpha value is -3.55. The van der Waals surface area contributed by atoms with Crippen LogP contribution in [-0.2, 0) is 16.0 Å². The molecule has 28 heavy (non-hydrogen) atoms. The minimum atomic E-state index is -0.360. The number of nitrogens with zero attached hydrogens (tertiary/aromatic N) is 3. The van der Waals surface area contributed by atoms with Crippen molar-refractivity contribution in [1.29, 1.82) is 0 Å². The van der Waals surface area contributed by atoms with Crippen LogP contribution < -0.4 is 10.2 Å². The number of nitrogens with one attached hydrogen (secondary N) is 1. The maximum absolute atomic E-state index is 12.9. The van der Waals surface area contributed by atoms with Crippen molar-refractivity contribution >= 4 is 23.5 Å². The van der Waals surface area contributed by atoms with E-state index in [0.29, 0.717) is 18.0 Å². The quantitative estimate of drug-likeness (QED) is 0.735. The van der Waals surface area contributed by atoms with Crippen LogP contribution >= 0.6 is 0 Å². The zero-order valence-corrected chi connectivity index (χ0v) is 14.8. The number of halogens is 1. The van der Waals surface area contributed by atoms with E-state index in [9.17, 15) is 14.0 Å². The highest BCUT2D eigenvalue weighted by molar-refractivity contribution is 5.96. The smallest absolute Gasteiger partial charge is 0.322 e. The fourth-order valence-electron chi connectivity index (χ4n) is 3.13. The lowest BCUT2D eigenvalue weighted by atomic mass is 10.1. The standard InChI is InChI=1S/C20H17FN4O3/c21-15-8-6-13(7-9-15)10-17(26)22-20-24-23-19(28-20)14-11-18(27)25(12-14)16-4-2-1-3-5-16/h1-9,14H,10-12H2,(H,22,24,26)/t14-/m0/s1. The molecule has 8 heteroatoms. The van der Waals surface area contributed by atoms with Gasteiger partial charge in [-0.05, 0) is 29.8 Å². The molecule has 0 saturated carbocycles. The summed E-state index contributed by atoms with van der Waals surface area (Å²) >= 11 is 0. The maximum atomic E-state index is 12.9. The number of anilines is 2. The molecular formula is C20H17FN4O3. The van der Waals surface area contributed by atoms with E-state index < -0.39 is 0 Å². The minimum Gasteiger partial charge on any atom is -0.407 e. The summed E-state index contributed by atoms with van der Waals surface area (Å²) in [5, 5.41) is 10.3. The monoisotopic (exact) mass is 380 g/mol. The van der Waals surface area contributed by atoms with Crippen LogP contribution in [-0.4, -0.2) is 28.6 Å². The first-order chi connectivity index (χ1) is 13.6. The van der Waals surface area contributed by atoms with Crippen LogP contribution in [0.3, 0.4) is 0 Å². The highest BCUT2D eigenvalue weighted by atomic mass is 19.1. The number of amides is 2. The first-order valence-electron chi connectivity index (χ1n) is 8.81. The number of para-hydroxylation sites is 1. The molecule has 0 radical (unpaired) electrons. The molecule has 0 bridgehead atoms. The van der Waals surface area contributed by atoms with Crippen LogP contribution in [0.4, 0.5) is 16.1 Å². The van der Waals surface area contributed by atoms with Gasteiger partial charge in [-0.25, -0.2) is 4.39 Å². The molecule has 1 aliphatic heterocycles. The van der Waals surface area contributed by atoms with Crippen molar-refractivity contribution in [3.63, 3.8) is 0 Å². The minimum absolute atomic E-state index is 0.0173. The normalized spacial score (nSPS) is 16.4. The summed E-state index contributed by atoms with van der Waals surface area (Å²) in [5.41, 5.74) is 1.49. The molecule has 3 aromatic rings. The molecule has 0 aliphatic carbocycles. The Morgan fingerprint density at radius 1 is 1.14 bits per heavy atom. The van der Waals surface area contributed by atoms with E-state index in [1.807, 2.05) is 30.3 Å². The first kappa shape index (κ1) is 17.8. The molecule has 7 nitrogen and oxygen atoms in total. The molecule has 0 unspecified atom stereocenters. The van der Waals surface area contributed by atoms with Crippen molar-refractivity contribution in [3.8, 4) is 0 Å². The highest BCUT2D eigenvalue weighted by Gasteiger charge is 2.35. The van der Waals surface area contributed by atoms with Gasteiger partial charge in [-0.3, -0.25) is 14.9 Å². The summed E-state index contributed by atoms with van der Waals surface area (Å²) in [6.45, 7) is 0.438. The van der Waals surface area contributed by atoms with Gasteiger partial charge in [0.2, 0.25) is 17.7 Å². The Morgan fingerprint density at radius 2 is 1.89 bits per heavy atom. The second-order valence-corrected chi connectivity index (χ2v) is 6.54. The van der Waals surface area contributed by atoms with Gasteiger partial charge in [-0.2, -0.15) is 0 Å². The van der Waals surface area contributed by atoms with Crippen molar-refractivity contribution in [2.45, 2.75) is 18.8 Å². The summed E-state index contributed by atoms with van der Waals surface area (Å²) < 4.78 is 18.5. The van der Waals surface area contributed by atoms with E-state index in [0.717, 1.165) is 5.69 Å². The van der Waals surface area contributed by atoms with Gasteiger partial charge in [0.05, 0.1) is 12.3 Å². The summed E-state index contributed by atoms with van der Waals surface area (Å²) in [6.07, 6.45) is 0.321. The van der Waals surface area contributed by atoms with E-state index in [1.165, 1.54) is 24.3 Å². The van der Waals surface area contributed by atoms with Crippen LogP contribution in [0.2, 0.25) is 0 Å². The number of hydrogen-bond acceptors (Lipinski definition) is 5. The summed E-state index contributed by atoms with van der Waals surface area (Å²) in [5.74, 6) is -0.653. The molecule has 2 aromatic carbocycles. The third-order valence-electron chi connectivity index (χ3n) is 4.51. The van der Waals surface area contributed by atoms with Crippen LogP contribution in [0.5, 0.6) is 0 Å². The van der Waals surface area contributed by atoms with Crippen LogP contribution in [0.25, 0.3) is 0 Å². The average molecular weight is 380 g/mol. The lowest BCUT2D eigenvalue weighted by Crippen LogP contribution is -2.24. The van der Waals surface area contributed by atoms with Gasteiger partial charge >= 0.3 is 6.01 Å². The third-order valence-corrected chi connectivity index (χ3v) is 4.51. The Bertz CT molecular complexity index is 988. The molecular weight excluding hydrogens is 363 g/mol. The zero-order chi connectivity index (χ0) is 19.5. The Morgan fingerprint density at radius 3 is 2.64 bits per heavy atom. The predicted molar refractivity (Wildman–Crippen MR) is 99.2 cm³/mol. The van der Waals surface area contributed by atoms with Gasteiger partial charge in [0.25, 0.3) is 0 Å². The molecule has 1 aliphatic rings. The molecule has 1 fully saturated rings. The third kappa shape index (κ3) is 3.90. The van der Waals surface area contributed by atoms with Crippen molar-refractivity contribution in [1.82, 2.24) is 10.2 Å². The molecule has 2 heterocycles. The highest BCUT2D eigenvalue weighted by Crippen LogP contribution is 2.31. The lowest BCUT2D eigenvalue weighted by Gasteiger charge is -2.15. The van der Waals surface area contributed by atoms with Crippen molar-refractivity contribution < 1.29 is 18.4 Å². The van der Waals surface area contributed by atoms with Crippen molar-refractivity contribution in [2.24, 2.45) is 0 Å². The van der Waals surface area contributed by atoms with Crippen LogP contribution in [0.1, 0.15) is 23.8 Å². The lowest BCUT2D eigenvalue weighted by molar-refractivity contribution is -0.117. The van der Waals surface area contributed by atoms with E-state index in [2.05, 4.69) is 15.5 Å². The Labute approximate surface area is 160 Å². The first-order valence-corrected chi connectivity index (χ1v) is 8.81. The molecule has 4 rings (SSSR count). The Balaban J connectivity index is 1.38. The maximum Gasteiger partial charge on any atom is 0.322 e. The molecule has 1 N–H and O–H groups in total. The van der Waals surface area contributed by atoms with Crippen LogP contribution in [0.15, 0.2) is 59.0 Å². The van der Waals surface area contributed by atoms with E-state index >= 15 is 0 Å². The molecule has 1 aromatic heterocycles.